The van der Waals surface area contributed by atoms with Gasteiger partial charge in [-0.1, -0.05) is 13.8 Å². The van der Waals surface area contributed by atoms with Crippen molar-refractivity contribution in [2.75, 3.05) is 13.2 Å². The van der Waals surface area contributed by atoms with Crippen molar-refractivity contribution in [3.8, 4) is 0 Å². The summed E-state index contributed by atoms with van der Waals surface area (Å²) in [5.41, 5.74) is 5.85. The number of ether oxygens (including phenoxy) is 1. The summed E-state index contributed by atoms with van der Waals surface area (Å²) >= 11 is 0. The van der Waals surface area contributed by atoms with E-state index in [9.17, 15) is 0 Å². The molecule has 0 amide bonds. The topological polar surface area (TPSA) is 35.2 Å². The largest absolute Gasteiger partial charge is 0.381 e. The van der Waals surface area contributed by atoms with Gasteiger partial charge < -0.3 is 10.5 Å². The number of nitrogens with two attached hydrogens (primary N) is 1. The lowest BCUT2D eigenvalue weighted by atomic mass is 9.94. The second-order valence-corrected chi connectivity index (χ2v) is 2.77. The molecule has 2 N–H and O–H groups in total. The van der Waals surface area contributed by atoms with Crippen LogP contribution in [0, 0.1) is 0 Å². The summed E-state index contributed by atoms with van der Waals surface area (Å²) < 4.78 is 5.13. The summed E-state index contributed by atoms with van der Waals surface area (Å²) in [5.74, 6) is 0. The highest BCUT2D eigenvalue weighted by molar-refractivity contribution is 4.80. The quantitative estimate of drug-likeness (QED) is 0.561. The fraction of sp³-hybridized carbons (Fsp3) is 1.00. The molecule has 10 heavy (non-hydrogen) atoms. The van der Waals surface area contributed by atoms with Gasteiger partial charge in [0.2, 0.25) is 0 Å². The third-order valence-electron chi connectivity index (χ3n) is 1.64. The zero-order chi connectivity index (χ0) is 8.04. The lowest BCUT2D eigenvalue weighted by Gasteiger charge is -2.28. The molecule has 0 aromatic rings. The smallest absolute Gasteiger partial charge is 0.0483 e. The predicted molar refractivity (Wildman–Crippen MR) is 44.0 cm³/mol. The Morgan fingerprint density at radius 1 is 1.20 bits per heavy atom. The van der Waals surface area contributed by atoms with Crippen molar-refractivity contribution in [1.82, 2.24) is 0 Å². The Balaban J connectivity index is 0.000000371. The molecule has 0 aromatic carbocycles. The molecule has 0 saturated carbocycles. The second-order valence-electron chi connectivity index (χ2n) is 2.77. The first-order chi connectivity index (χ1) is 4.71. The molecule has 2 heteroatoms. The molecule has 0 aromatic heterocycles. The molecule has 1 aliphatic rings. The van der Waals surface area contributed by atoms with E-state index in [-0.39, 0.29) is 5.54 Å². The average Bonchev–Trinajstić information content (AvgIpc) is 1.92. The maximum atomic E-state index is 5.80. The first kappa shape index (κ1) is 9.92. The fourth-order valence-electron chi connectivity index (χ4n) is 0.838. The van der Waals surface area contributed by atoms with Crippen LogP contribution in [0.1, 0.15) is 33.6 Å². The van der Waals surface area contributed by atoms with Crippen molar-refractivity contribution in [2.45, 2.75) is 39.2 Å². The lowest BCUT2D eigenvalue weighted by Crippen LogP contribution is -2.41. The van der Waals surface area contributed by atoms with Gasteiger partial charge in [0.05, 0.1) is 0 Å². The molecule has 0 radical (unpaired) electrons. The third-order valence-corrected chi connectivity index (χ3v) is 1.64. The van der Waals surface area contributed by atoms with Crippen LogP contribution in [0.25, 0.3) is 0 Å². The van der Waals surface area contributed by atoms with Crippen molar-refractivity contribution >= 4 is 0 Å². The van der Waals surface area contributed by atoms with Crippen LogP contribution in [-0.2, 0) is 4.74 Å². The average molecular weight is 145 g/mol. The van der Waals surface area contributed by atoms with E-state index in [0.717, 1.165) is 26.1 Å². The molecular formula is C8H19NO. The molecule has 0 spiro atoms. The molecule has 0 atom stereocenters. The summed E-state index contributed by atoms with van der Waals surface area (Å²) in [5, 5.41) is 0. The maximum Gasteiger partial charge on any atom is 0.0483 e. The van der Waals surface area contributed by atoms with Crippen LogP contribution < -0.4 is 5.73 Å². The predicted octanol–water partition coefficient (Wildman–Crippen LogP) is 1.54. The zero-order valence-electron chi connectivity index (χ0n) is 7.31. The molecule has 2 nitrogen and oxygen atoms in total. The van der Waals surface area contributed by atoms with E-state index in [1.54, 1.807) is 0 Å². The van der Waals surface area contributed by atoms with Crippen LogP contribution in [0.2, 0.25) is 0 Å². The SMILES string of the molecule is CC.CC1(N)CCOCC1. The Bertz CT molecular complexity index is 73.3. The molecule has 1 heterocycles. The van der Waals surface area contributed by atoms with Gasteiger partial charge in [-0.05, 0) is 19.8 Å². The highest BCUT2D eigenvalue weighted by atomic mass is 16.5. The van der Waals surface area contributed by atoms with Gasteiger partial charge in [0.1, 0.15) is 0 Å². The van der Waals surface area contributed by atoms with E-state index in [0.29, 0.717) is 0 Å². The molecular weight excluding hydrogens is 126 g/mol. The van der Waals surface area contributed by atoms with Gasteiger partial charge in [-0.3, -0.25) is 0 Å². The number of hydrogen-bond acceptors (Lipinski definition) is 2. The first-order valence-electron chi connectivity index (χ1n) is 4.07. The number of hydrogen-bond donors (Lipinski definition) is 1. The van der Waals surface area contributed by atoms with Crippen LogP contribution in [0.5, 0.6) is 0 Å². The zero-order valence-corrected chi connectivity index (χ0v) is 7.31. The van der Waals surface area contributed by atoms with E-state index >= 15 is 0 Å². The van der Waals surface area contributed by atoms with Gasteiger partial charge in [0.15, 0.2) is 0 Å². The summed E-state index contributed by atoms with van der Waals surface area (Å²) in [6.07, 6.45) is 2.01. The van der Waals surface area contributed by atoms with Crippen molar-refractivity contribution in [1.29, 1.82) is 0 Å². The van der Waals surface area contributed by atoms with Crippen LogP contribution in [0.4, 0.5) is 0 Å². The maximum absolute atomic E-state index is 5.80. The van der Waals surface area contributed by atoms with Crippen molar-refractivity contribution < 1.29 is 4.74 Å². The molecule has 1 rings (SSSR count). The lowest BCUT2D eigenvalue weighted by molar-refractivity contribution is 0.0594. The minimum atomic E-state index is 0.0538. The van der Waals surface area contributed by atoms with Crippen LogP contribution in [0.3, 0.4) is 0 Å². The van der Waals surface area contributed by atoms with Gasteiger partial charge in [-0.25, -0.2) is 0 Å². The molecule has 0 bridgehead atoms. The third kappa shape index (κ3) is 3.85. The van der Waals surface area contributed by atoms with Crippen molar-refractivity contribution in [3.05, 3.63) is 0 Å². The van der Waals surface area contributed by atoms with E-state index < -0.39 is 0 Å². The Labute approximate surface area is 63.7 Å². The molecule has 1 saturated heterocycles. The first-order valence-corrected chi connectivity index (χ1v) is 4.07. The summed E-state index contributed by atoms with van der Waals surface area (Å²) in [6.45, 7) is 7.76. The molecule has 62 valence electrons. The van der Waals surface area contributed by atoms with Crippen LogP contribution >= 0.6 is 0 Å². The van der Waals surface area contributed by atoms with E-state index in [1.165, 1.54) is 0 Å². The van der Waals surface area contributed by atoms with Gasteiger partial charge in [0.25, 0.3) is 0 Å². The summed E-state index contributed by atoms with van der Waals surface area (Å²) in [7, 11) is 0. The van der Waals surface area contributed by atoms with E-state index in [2.05, 4.69) is 6.92 Å². The number of rotatable bonds is 0. The minimum absolute atomic E-state index is 0.0538. The fourth-order valence-corrected chi connectivity index (χ4v) is 0.838. The molecule has 1 fully saturated rings. The standard InChI is InChI=1S/C6H13NO.C2H6/c1-6(7)2-4-8-5-3-6;1-2/h2-5,7H2,1H3;1-2H3. The highest BCUT2D eigenvalue weighted by Crippen LogP contribution is 2.15. The molecule has 1 aliphatic heterocycles. The van der Waals surface area contributed by atoms with Gasteiger partial charge >= 0.3 is 0 Å². The van der Waals surface area contributed by atoms with Crippen molar-refractivity contribution in [3.63, 3.8) is 0 Å². The van der Waals surface area contributed by atoms with Crippen molar-refractivity contribution in [2.24, 2.45) is 5.73 Å². The van der Waals surface area contributed by atoms with Crippen LogP contribution in [0.15, 0.2) is 0 Å². The molecule has 0 unspecified atom stereocenters. The minimum Gasteiger partial charge on any atom is -0.381 e. The Morgan fingerprint density at radius 3 is 1.80 bits per heavy atom. The van der Waals surface area contributed by atoms with E-state index in [4.69, 9.17) is 10.5 Å². The molecule has 0 aliphatic carbocycles. The van der Waals surface area contributed by atoms with Gasteiger partial charge in [0, 0.05) is 18.8 Å². The van der Waals surface area contributed by atoms with Gasteiger partial charge in [-0.2, -0.15) is 0 Å². The van der Waals surface area contributed by atoms with E-state index in [1.807, 2.05) is 13.8 Å². The summed E-state index contributed by atoms with van der Waals surface area (Å²) in [4.78, 5) is 0. The monoisotopic (exact) mass is 145 g/mol. The second kappa shape index (κ2) is 4.69. The van der Waals surface area contributed by atoms with Crippen LogP contribution in [-0.4, -0.2) is 18.8 Å². The Hall–Kier alpha value is -0.0800. The Morgan fingerprint density at radius 2 is 1.60 bits per heavy atom. The normalized spacial score (nSPS) is 22.8. The Kier molecular flexibility index (Phi) is 4.65. The summed E-state index contributed by atoms with van der Waals surface area (Å²) in [6, 6.07) is 0. The highest BCUT2D eigenvalue weighted by Gasteiger charge is 2.21. The van der Waals surface area contributed by atoms with Gasteiger partial charge in [-0.15, -0.1) is 0 Å².